The number of H-pyrrole nitrogens is 1. The molecule has 6 heteroatoms. The second kappa shape index (κ2) is 5.57. The Hall–Kier alpha value is -1.98. The molecular weight excluding hydrogens is 228 g/mol. The molecule has 2 aromatic heterocycles. The normalized spacial score (nSPS) is 10.8. The van der Waals surface area contributed by atoms with Gasteiger partial charge in [0.25, 0.3) is 0 Å². The van der Waals surface area contributed by atoms with E-state index in [0.29, 0.717) is 0 Å². The molecule has 0 radical (unpaired) electrons. The minimum Gasteiger partial charge on any atom is -0.394 e. The number of hydrogen-bond acceptors (Lipinski definition) is 4. The number of aryl methyl sites for hydroxylation is 3. The molecule has 0 aromatic carbocycles. The van der Waals surface area contributed by atoms with E-state index in [0.717, 1.165) is 48.8 Å². The standard InChI is InChI=1S/C12H20N6/c1-3-9-11(13)12(18(2)17-9)16-6-4-5-10-14-7-8-15-10/h7-8,16H,3-6,13H2,1-2H3,(H,14,15). The molecule has 2 rings (SSSR count). The van der Waals surface area contributed by atoms with Crippen LogP contribution in [0.5, 0.6) is 0 Å². The highest BCUT2D eigenvalue weighted by Gasteiger charge is 2.10. The van der Waals surface area contributed by atoms with Gasteiger partial charge in [0, 0.05) is 32.4 Å². The molecule has 0 fully saturated rings. The topological polar surface area (TPSA) is 84.5 Å². The quantitative estimate of drug-likeness (QED) is 0.673. The molecule has 6 nitrogen and oxygen atoms in total. The molecule has 18 heavy (non-hydrogen) atoms. The van der Waals surface area contributed by atoms with Gasteiger partial charge in [-0.3, -0.25) is 4.68 Å². The van der Waals surface area contributed by atoms with Crippen LogP contribution in [0.3, 0.4) is 0 Å². The first-order valence-electron chi connectivity index (χ1n) is 6.25. The Morgan fingerprint density at radius 2 is 2.33 bits per heavy atom. The molecule has 0 spiro atoms. The van der Waals surface area contributed by atoms with E-state index < -0.39 is 0 Å². The van der Waals surface area contributed by atoms with Crippen molar-refractivity contribution in [2.75, 3.05) is 17.6 Å². The van der Waals surface area contributed by atoms with Gasteiger partial charge in [-0.2, -0.15) is 5.10 Å². The minimum absolute atomic E-state index is 0.762. The predicted octanol–water partition coefficient (Wildman–Crippen LogP) is 1.33. The van der Waals surface area contributed by atoms with Crippen molar-refractivity contribution in [3.05, 3.63) is 23.9 Å². The number of hydrogen-bond donors (Lipinski definition) is 3. The van der Waals surface area contributed by atoms with Gasteiger partial charge in [0.1, 0.15) is 11.6 Å². The fourth-order valence-corrected chi connectivity index (χ4v) is 1.96. The molecule has 2 heterocycles. The molecule has 0 aliphatic heterocycles. The highest BCUT2D eigenvalue weighted by Crippen LogP contribution is 2.21. The van der Waals surface area contributed by atoms with Crippen LogP contribution in [-0.2, 0) is 19.9 Å². The van der Waals surface area contributed by atoms with Crippen molar-refractivity contribution in [2.45, 2.75) is 26.2 Å². The average Bonchev–Trinajstić information content (AvgIpc) is 2.96. The van der Waals surface area contributed by atoms with Crippen molar-refractivity contribution in [3.8, 4) is 0 Å². The zero-order valence-electron chi connectivity index (χ0n) is 10.9. The molecule has 4 N–H and O–H groups in total. The number of nitrogens with two attached hydrogens (primary N) is 1. The van der Waals surface area contributed by atoms with Gasteiger partial charge in [0.15, 0.2) is 0 Å². The van der Waals surface area contributed by atoms with Crippen molar-refractivity contribution < 1.29 is 0 Å². The zero-order chi connectivity index (χ0) is 13.0. The summed E-state index contributed by atoms with van der Waals surface area (Å²) >= 11 is 0. The Balaban J connectivity index is 1.85. The highest BCUT2D eigenvalue weighted by atomic mass is 15.3. The lowest BCUT2D eigenvalue weighted by atomic mass is 10.2. The fourth-order valence-electron chi connectivity index (χ4n) is 1.96. The molecule has 0 atom stereocenters. The van der Waals surface area contributed by atoms with Crippen LogP contribution in [0.15, 0.2) is 12.4 Å². The molecule has 0 unspecified atom stereocenters. The maximum absolute atomic E-state index is 6.03. The van der Waals surface area contributed by atoms with Crippen LogP contribution in [0.1, 0.15) is 24.9 Å². The Morgan fingerprint density at radius 3 is 2.94 bits per heavy atom. The first-order chi connectivity index (χ1) is 8.72. The van der Waals surface area contributed by atoms with Crippen LogP contribution in [0.4, 0.5) is 11.5 Å². The zero-order valence-corrected chi connectivity index (χ0v) is 10.9. The highest BCUT2D eigenvalue weighted by molar-refractivity contribution is 5.64. The summed E-state index contributed by atoms with van der Waals surface area (Å²) in [4.78, 5) is 7.28. The van der Waals surface area contributed by atoms with E-state index in [4.69, 9.17) is 5.73 Å². The first kappa shape index (κ1) is 12.5. The lowest BCUT2D eigenvalue weighted by molar-refractivity contribution is 0.739. The molecule has 0 saturated carbocycles. The van der Waals surface area contributed by atoms with Gasteiger partial charge in [-0.15, -0.1) is 0 Å². The van der Waals surface area contributed by atoms with E-state index in [1.165, 1.54) is 0 Å². The molecule has 2 aromatic rings. The van der Waals surface area contributed by atoms with Crippen molar-refractivity contribution in [1.82, 2.24) is 19.7 Å². The van der Waals surface area contributed by atoms with Gasteiger partial charge in [0.2, 0.25) is 0 Å². The number of aromatic nitrogens is 4. The monoisotopic (exact) mass is 248 g/mol. The largest absolute Gasteiger partial charge is 0.394 e. The molecular formula is C12H20N6. The number of nitrogens with zero attached hydrogens (tertiary/aromatic N) is 3. The summed E-state index contributed by atoms with van der Waals surface area (Å²) in [7, 11) is 1.91. The maximum Gasteiger partial charge on any atom is 0.147 e. The van der Waals surface area contributed by atoms with Gasteiger partial charge in [-0.05, 0) is 12.8 Å². The number of nitrogen functional groups attached to an aromatic ring is 1. The summed E-state index contributed by atoms with van der Waals surface area (Å²) in [6.45, 7) is 2.91. The third kappa shape index (κ3) is 2.64. The van der Waals surface area contributed by atoms with Gasteiger partial charge in [-0.25, -0.2) is 4.98 Å². The Morgan fingerprint density at radius 1 is 1.50 bits per heavy atom. The van der Waals surface area contributed by atoms with Crippen molar-refractivity contribution in [3.63, 3.8) is 0 Å². The van der Waals surface area contributed by atoms with E-state index in [2.05, 4.69) is 27.3 Å². The molecule has 0 amide bonds. The lowest BCUT2D eigenvalue weighted by Gasteiger charge is -2.06. The smallest absolute Gasteiger partial charge is 0.147 e. The van der Waals surface area contributed by atoms with Crippen molar-refractivity contribution in [1.29, 1.82) is 0 Å². The Bertz CT molecular complexity index is 485. The fraction of sp³-hybridized carbons (Fsp3) is 0.500. The summed E-state index contributed by atoms with van der Waals surface area (Å²) in [6.07, 6.45) is 6.40. The Kier molecular flexibility index (Phi) is 3.86. The number of rotatable bonds is 6. The summed E-state index contributed by atoms with van der Waals surface area (Å²) in [6, 6.07) is 0. The maximum atomic E-state index is 6.03. The molecule has 0 aliphatic carbocycles. The number of nitrogens with one attached hydrogen (secondary N) is 2. The van der Waals surface area contributed by atoms with Crippen LogP contribution in [0.25, 0.3) is 0 Å². The van der Waals surface area contributed by atoms with Crippen molar-refractivity contribution >= 4 is 11.5 Å². The summed E-state index contributed by atoms with van der Waals surface area (Å²) in [5.41, 5.74) is 7.74. The van der Waals surface area contributed by atoms with E-state index in [1.54, 1.807) is 10.9 Å². The van der Waals surface area contributed by atoms with E-state index in [-0.39, 0.29) is 0 Å². The van der Waals surface area contributed by atoms with E-state index >= 15 is 0 Å². The minimum atomic E-state index is 0.762. The number of anilines is 2. The number of imidazole rings is 1. The average molecular weight is 248 g/mol. The van der Waals surface area contributed by atoms with Gasteiger partial charge < -0.3 is 16.0 Å². The third-order valence-corrected chi connectivity index (χ3v) is 2.93. The lowest BCUT2D eigenvalue weighted by Crippen LogP contribution is -2.09. The van der Waals surface area contributed by atoms with Crippen LogP contribution >= 0.6 is 0 Å². The predicted molar refractivity (Wildman–Crippen MR) is 72.4 cm³/mol. The van der Waals surface area contributed by atoms with Gasteiger partial charge in [0.05, 0.1) is 11.4 Å². The Labute approximate surface area is 107 Å². The van der Waals surface area contributed by atoms with Crippen LogP contribution in [0.2, 0.25) is 0 Å². The van der Waals surface area contributed by atoms with E-state index in [9.17, 15) is 0 Å². The summed E-state index contributed by atoms with van der Waals surface area (Å²) in [5.74, 6) is 1.93. The summed E-state index contributed by atoms with van der Waals surface area (Å²) < 4.78 is 1.81. The van der Waals surface area contributed by atoms with Crippen LogP contribution in [0, 0.1) is 0 Å². The number of aromatic amines is 1. The second-order valence-electron chi connectivity index (χ2n) is 4.25. The van der Waals surface area contributed by atoms with Crippen molar-refractivity contribution in [2.24, 2.45) is 7.05 Å². The second-order valence-corrected chi connectivity index (χ2v) is 4.25. The van der Waals surface area contributed by atoms with Gasteiger partial charge in [-0.1, -0.05) is 6.92 Å². The third-order valence-electron chi connectivity index (χ3n) is 2.93. The van der Waals surface area contributed by atoms with E-state index in [1.807, 2.05) is 13.2 Å². The molecule has 0 saturated heterocycles. The SMILES string of the molecule is CCc1nn(C)c(NCCCc2ncc[nH]2)c1N. The first-order valence-corrected chi connectivity index (χ1v) is 6.25. The molecule has 98 valence electrons. The summed E-state index contributed by atoms with van der Waals surface area (Å²) in [5, 5.41) is 7.70. The van der Waals surface area contributed by atoms with Crippen LogP contribution < -0.4 is 11.1 Å². The molecule has 0 bridgehead atoms. The van der Waals surface area contributed by atoms with Crippen LogP contribution in [-0.4, -0.2) is 26.3 Å². The molecule has 0 aliphatic rings. The van der Waals surface area contributed by atoms with Gasteiger partial charge >= 0.3 is 0 Å².